The number of nitrogens with zero attached hydrogens (tertiary/aromatic N) is 1. The normalized spacial score (nSPS) is 24.7. The number of hydrogen-bond acceptors (Lipinski definition) is 4. The minimum Gasteiger partial charge on any atom is -0.372 e. The van der Waals surface area contributed by atoms with Gasteiger partial charge in [-0.05, 0) is 29.5 Å². The lowest BCUT2D eigenvalue weighted by Crippen LogP contribution is -2.57. The van der Waals surface area contributed by atoms with Gasteiger partial charge in [0.05, 0.1) is 17.2 Å². The first-order valence-electron chi connectivity index (χ1n) is 7.70. The topological polar surface area (TPSA) is 86.7 Å². The molecule has 0 aromatic heterocycles. The van der Waals surface area contributed by atoms with Crippen molar-refractivity contribution in [3.63, 3.8) is 0 Å². The maximum atomic E-state index is 12.7. The molecule has 2 atom stereocenters. The molecule has 122 valence electrons. The number of carbonyl (C=O) groups is 3. The Morgan fingerprint density at radius 2 is 1.78 bits per heavy atom. The number of benzene rings is 1. The Morgan fingerprint density at radius 1 is 1.13 bits per heavy atom. The minimum absolute atomic E-state index is 0.135. The van der Waals surface area contributed by atoms with Crippen molar-refractivity contribution in [3.8, 4) is 0 Å². The lowest BCUT2D eigenvalue weighted by atomic mass is 9.85. The first-order chi connectivity index (χ1) is 10.7. The highest BCUT2D eigenvalue weighted by Gasteiger charge is 2.44. The number of piperidine rings is 1. The number of rotatable bonds is 1. The predicted octanol–water partition coefficient (Wildman–Crippen LogP) is 1.18. The number of carbonyl (C=O) groups excluding carboxylic acids is 3. The predicted molar refractivity (Wildman–Crippen MR) is 82.8 cm³/mol. The van der Waals surface area contributed by atoms with Crippen LogP contribution in [0.25, 0.3) is 0 Å². The molecule has 1 aromatic carbocycles. The molecule has 6 nitrogen and oxygen atoms in total. The van der Waals surface area contributed by atoms with E-state index in [1.807, 2.05) is 26.8 Å². The Kier molecular flexibility index (Phi) is 3.52. The lowest BCUT2D eigenvalue weighted by Gasteiger charge is -2.33. The van der Waals surface area contributed by atoms with Gasteiger partial charge in [0.1, 0.15) is 6.23 Å². The number of aliphatic hydroxyl groups excluding tert-OH is 1. The molecule has 2 aliphatic heterocycles. The third kappa shape index (κ3) is 2.53. The fourth-order valence-corrected chi connectivity index (χ4v) is 3.07. The molecule has 1 saturated heterocycles. The molecule has 3 amide bonds. The van der Waals surface area contributed by atoms with E-state index < -0.39 is 24.1 Å². The zero-order chi connectivity index (χ0) is 16.9. The van der Waals surface area contributed by atoms with Crippen molar-refractivity contribution in [1.82, 2.24) is 10.2 Å². The van der Waals surface area contributed by atoms with Crippen LogP contribution < -0.4 is 5.32 Å². The number of imide groups is 1. The van der Waals surface area contributed by atoms with Crippen LogP contribution in [0, 0.1) is 0 Å². The number of nitrogens with one attached hydrogen (secondary N) is 1. The third-order valence-corrected chi connectivity index (χ3v) is 4.46. The van der Waals surface area contributed by atoms with E-state index in [0.717, 1.165) is 10.5 Å². The van der Waals surface area contributed by atoms with Gasteiger partial charge >= 0.3 is 0 Å². The van der Waals surface area contributed by atoms with E-state index in [-0.39, 0.29) is 24.2 Å². The van der Waals surface area contributed by atoms with Crippen LogP contribution in [-0.2, 0) is 10.2 Å². The molecular formula is C17H20N2O4. The molecule has 1 aromatic rings. The second kappa shape index (κ2) is 5.16. The van der Waals surface area contributed by atoms with E-state index in [4.69, 9.17) is 0 Å². The van der Waals surface area contributed by atoms with Crippen molar-refractivity contribution in [2.45, 2.75) is 51.3 Å². The molecule has 3 rings (SSSR count). The number of hydrogen-bond donors (Lipinski definition) is 2. The summed E-state index contributed by atoms with van der Waals surface area (Å²) in [5.41, 5.74) is 1.56. The van der Waals surface area contributed by atoms with Crippen LogP contribution in [0.5, 0.6) is 0 Å². The van der Waals surface area contributed by atoms with Crippen LogP contribution in [0.4, 0.5) is 0 Å². The number of fused-ring (bicyclic) bond motifs is 1. The highest BCUT2D eigenvalue weighted by molar-refractivity contribution is 6.21. The standard InChI is InChI=1S/C17H20N2O4/c1-17(2,3)9-4-5-10-11(8-9)16(23)19(15(10)22)12-6-7-13(20)18-14(12)21/h4-5,8,12,14,21H,6-7H2,1-3H3,(H,18,20)/t12-,14?/m0/s1. The van der Waals surface area contributed by atoms with Gasteiger partial charge < -0.3 is 10.4 Å². The lowest BCUT2D eigenvalue weighted by molar-refractivity contribution is -0.129. The second-order valence-electron chi connectivity index (χ2n) is 7.11. The summed E-state index contributed by atoms with van der Waals surface area (Å²) in [5, 5.41) is 12.4. The van der Waals surface area contributed by atoms with Crippen molar-refractivity contribution in [1.29, 1.82) is 0 Å². The molecule has 0 aliphatic carbocycles. The van der Waals surface area contributed by atoms with Crippen molar-refractivity contribution in [2.24, 2.45) is 0 Å². The summed E-state index contributed by atoms with van der Waals surface area (Å²) in [6.07, 6.45) is -0.770. The van der Waals surface area contributed by atoms with E-state index in [1.165, 1.54) is 0 Å². The monoisotopic (exact) mass is 316 g/mol. The van der Waals surface area contributed by atoms with Gasteiger partial charge in [-0.15, -0.1) is 0 Å². The molecular weight excluding hydrogens is 296 g/mol. The van der Waals surface area contributed by atoms with E-state index in [9.17, 15) is 19.5 Å². The van der Waals surface area contributed by atoms with Gasteiger partial charge in [0.25, 0.3) is 11.8 Å². The molecule has 0 spiro atoms. The zero-order valence-electron chi connectivity index (χ0n) is 13.4. The Morgan fingerprint density at radius 3 is 2.39 bits per heavy atom. The van der Waals surface area contributed by atoms with Gasteiger partial charge in [0.15, 0.2) is 0 Å². The second-order valence-corrected chi connectivity index (χ2v) is 7.11. The highest BCUT2D eigenvalue weighted by atomic mass is 16.3. The number of aliphatic hydroxyl groups is 1. The molecule has 0 saturated carbocycles. The van der Waals surface area contributed by atoms with E-state index >= 15 is 0 Å². The largest absolute Gasteiger partial charge is 0.372 e. The average molecular weight is 316 g/mol. The van der Waals surface area contributed by atoms with Crippen LogP contribution in [0.1, 0.15) is 59.9 Å². The quantitative estimate of drug-likeness (QED) is 0.762. The van der Waals surface area contributed by atoms with Crippen LogP contribution in [-0.4, -0.2) is 40.0 Å². The fraction of sp³-hybridized carbons (Fsp3) is 0.471. The average Bonchev–Trinajstić information content (AvgIpc) is 2.71. The van der Waals surface area contributed by atoms with Crippen LogP contribution in [0.2, 0.25) is 0 Å². The molecule has 2 heterocycles. The van der Waals surface area contributed by atoms with E-state index in [1.54, 1.807) is 12.1 Å². The maximum absolute atomic E-state index is 12.7. The molecule has 23 heavy (non-hydrogen) atoms. The summed E-state index contributed by atoms with van der Waals surface area (Å²) in [5.74, 6) is -1.10. The summed E-state index contributed by atoms with van der Waals surface area (Å²) in [6, 6.07) is 4.55. The Balaban J connectivity index is 1.96. The zero-order valence-corrected chi connectivity index (χ0v) is 13.4. The molecule has 1 fully saturated rings. The van der Waals surface area contributed by atoms with Gasteiger partial charge in [-0.3, -0.25) is 19.3 Å². The smallest absolute Gasteiger partial charge is 0.261 e. The molecule has 1 unspecified atom stereocenters. The molecule has 0 bridgehead atoms. The Labute approximate surface area is 134 Å². The van der Waals surface area contributed by atoms with Crippen LogP contribution >= 0.6 is 0 Å². The maximum Gasteiger partial charge on any atom is 0.261 e. The summed E-state index contributed by atoms with van der Waals surface area (Å²) in [4.78, 5) is 37.7. The SMILES string of the molecule is CC(C)(C)c1ccc2c(c1)C(=O)N([C@H]1CCC(=O)NC1O)C2=O. The van der Waals surface area contributed by atoms with Gasteiger partial charge in [0, 0.05) is 6.42 Å². The molecule has 0 radical (unpaired) electrons. The molecule has 2 N–H and O–H groups in total. The van der Waals surface area contributed by atoms with Crippen molar-refractivity contribution in [3.05, 3.63) is 34.9 Å². The van der Waals surface area contributed by atoms with Gasteiger partial charge in [0.2, 0.25) is 5.91 Å². The summed E-state index contributed by atoms with van der Waals surface area (Å²) in [7, 11) is 0. The van der Waals surface area contributed by atoms with Crippen molar-refractivity contribution in [2.75, 3.05) is 0 Å². The van der Waals surface area contributed by atoms with Gasteiger partial charge in [-0.2, -0.15) is 0 Å². The fourth-order valence-electron chi connectivity index (χ4n) is 3.07. The van der Waals surface area contributed by atoms with Crippen molar-refractivity contribution >= 4 is 17.7 Å². The molecule has 6 heteroatoms. The Bertz CT molecular complexity index is 705. The summed E-state index contributed by atoms with van der Waals surface area (Å²) >= 11 is 0. The molecule has 2 aliphatic rings. The van der Waals surface area contributed by atoms with Crippen molar-refractivity contribution < 1.29 is 19.5 Å². The van der Waals surface area contributed by atoms with E-state index in [0.29, 0.717) is 11.1 Å². The third-order valence-electron chi connectivity index (χ3n) is 4.46. The Hall–Kier alpha value is -2.21. The number of amides is 3. The van der Waals surface area contributed by atoms with Crippen LogP contribution in [0.3, 0.4) is 0 Å². The summed E-state index contributed by atoms with van der Waals surface area (Å²) < 4.78 is 0. The van der Waals surface area contributed by atoms with Gasteiger partial charge in [-0.25, -0.2) is 0 Å². The first kappa shape index (κ1) is 15.7. The first-order valence-corrected chi connectivity index (χ1v) is 7.70. The minimum atomic E-state index is -1.22. The van der Waals surface area contributed by atoms with E-state index in [2.05, 4.69) is 5.32 Å². The van der Waals surface area contributed by atoms with Gasteiger partial charge in [-0.1, -0.05) is 26.8 Å². The van der Waals surface area contributed by atoms with Crippen LogP contribution in [0.15, 0.2) is 18.2 Å². The highest BCUT2D eigenvalue weighted by Crippen LogP contribution is 2.32. The summed E-state index contributed by atoms with van der Waals surface area (Å²) in [6.45, 7) is 6.11.